The first-order valence-electron chi connectivity index (χ1n) is 15.8. The van der Waals surface area contributed by atoms with Crippen molar-refractivity contribution in [1.29, 1.82) is 0 Å². The molecule has 0 aliphatic rings. The first-order chi connectivity index (χ1) is 23.8. The molecule has 0 aliphatic heterocycles. The summed E-state index contributed by atoms with van der Waals surface area (Å²) in [4.78, 5) is 20.3. The van der Waals surface area contributed by atoms with E-state index in [0.29, 0.717) is 17.5 Å². The second kappa shape index (κ2) is 10.7. The maximum Gasteiger partial charge on any atom is 0.168 e. The number of hydrogen-bond donors (Lipinski definition) is 0. The van der Waals surface area contributed by atoms with E-state index in [1.165, 1.54) is 10.8 Å². The van der Waals surface area contributed by atoms with E-state index in [2.05, 4.69) is 78.9 Å². The van der Waals surface area contributed by atoms with Crippen LogP contribution in [0.15, 0.2) is 150 Å². The van der Waals surface area contributed by atoms with Crippen molar-refractivity contribution in [3.63, 3.8) is 0 Å². The zero-order valence-electron chi connectivity index (χ0n) is 25.5. The van der Waals surface area contributed by atoms with E-state index >= 15 is 0 Å². The highest BCUT2D eigenvalue weighted by Gasteiger charge is 2.23. The number of hydrogen-bond acceptors (Lipinski definition) is 6. The summed E-state index contributed by atoms with van der Waals surface area (Å²) in [7, 11) is 0. The molecule has 0 spiro atoms. The van der Waals surface area contributed by atoms with Gasteiger partial charge in [-0.1, -0.05) is 121 Å². The molecule has 3 heterocycles. The minimum Gasteiger partial charge on any atom is -0.453 e. The largest absolute Gasteiger partial charge is 0.453 e. The van der Waals surface area contributed by atoms with Gasteiger partial charge in [0.2, 0.25) is 0 Å². The van der Waals surface area contributed by atoms with Crippen LogP contribution in [0.5, 0.6) is 0 Å². The van der Waals surface area contributed by atoms with Gasteiger partial charge in [-0.2, -0.15) is 0 Å². The third-order valence-corrected chi connectivity index (χ3v) is 10.00. The number of aromatic nitrogens is 4. The molecular formula is C42H24N4OS. The minimum absolute atomic E-state index is 0.565. The van der Waals surface area contributed by atoms with Crippen LogP contribution in [0.4, 0.5) is 0 Å². The highest BCUT2D eigenvalue weighted by molar-refractivity contribution is 7.21. The summed E-state index contributed by atoms with van der Waals surface area (Å²) in [5.41, 5.74) is 6.14. The molecular weight excluding hydrogens is 609 g/mol. The van der Waals surface area contributed by atoms with Crippen LogP contribution in [0.1, 0.15) is 0 Å². The molecule has 224 valence electrons. The predicted octanol–water partition coefficient (Wildman–Crippen LogP) is 11.4. The van der Waals surface area contributed by atoms with E-state index in [9.17, 15) is 0 Å². The van der Waals surface area contributed by atoms with Crippen molar-refractivity contribution >= 4 is 65.0 Å². The lowest BCUT2D eigenvalue weighted by Crippen LogP contribution is -2.00. The van der Waals surface area contributed by atoms with Crippen LogP contribution in [0.3, 0.4) is 0 Å². The van der Waals surface area contributed by atoms with Gasteiger partial charge in [0.05, 0.1) is 10.3 Å². The average molecular weight is 633 g/mol. The predicted molar refractivity (Wildman–Crippen MR) is 197 cm³/mol. The van der Waals surface area contributed by atoms with Crippen LogP contribution in [0.2, 0.25) is 0 Å². The molecule has 0 fully saturated rings. The Balaban J connectivity index is 1.25. The SMILES string of the molecule is c1ccc(-c2nc(-c3ccccc3)nc(-c3c4ccccc4cc4c3oc3c4ccc4sc(-c5ccc6ccccc6c5)nc43)n2)cc1. The third kappa shape index (κ3) is 4.31. The monoisotopic (exact) mass is 632 g/mol. The van der Waals surface area contributed by atoms with Gasteiger partial charge in [-0.25, -0.2) is 19.9 Å². The number of fused-ring (bicyclic) bond motifs is 7. The second-order valence-electron chi connectivity index (χ2n) is 11.9. The van der Waals surface area contributed by atoms with Crippen LogP contribution < -0.4 is 0 Å². The third-order valence-electron chi connectivity index (χ3n) is 8.93. The van der Waals surface area contributed by atoms with Crippen molar-refractivity contribution in [3.05, 3.63) is 146 Å². The number of rotatable bonds is 4. The lowest BCUT2D eigenvalue weighted by molar-refractivity contribution is 0.673. The van der Waals surface area contributed by atoms with Crippen LogP contribution in [0.25, 0.3) is 98.4 Å². The first kappa shape index (κ1) is 26.9. The van der Waals surface area contributed by atoms with E-state index < -0.39 is 0 Å². The molecule has 0 bridgehead atoms. The van der Waals surface area contributed by atoms with Crippen LogP contribution in [-0.2, 0) is 0 Å². The quantitative estimate of drug-likeness (QED) is 0.193. The fraction of sp³-hybridized carbons (Fsp3) is 0. The van der Waals surface area contributed by atoms with Gasteiger partial charge in [-0.15, -0.1) is 11.3 Å². The molecule has 0 amide bonds. The Hall–Kier alpha value is -6.24. The molecule has 0 radical (unpaired) electrons. The molecule has 6 heteroatoms. The Bertz CT molecular complexity index is 2780. The zero-order chi connectivity index (χ0) is 31.6. The summed E-state index contributed by atoms with van der Waals surface area (Å²) in [6.45, 7) is 0. The molecule has 3 aromatic heterocycles. The number of nitrogens with zero attached hydrogens (tertiary/aromatic N) is 4. The maximum absolute atomic E-state index is 6.91. The first-order valence-corrected chi connectivity index (χ1v) is 16.6. The topological polar surface area (TPSA) is 64.7 Å². The average Bonchev–Trinajstić information content (AvgIpc) is 3.76. The van der Waals surface area contributed by atoms with Gasteiger partial charge < -0.3 is 4.42 Å². The van der Waals surface area contributed by atoms with Gasteiger partial charge in [0, 0.05) is 27.5 Å². The molecule has 0 unspecified atom stereocenters. The van der Waals surface area contributed by atoms with Gasteiger partial charge in [0.25, 0.3) is 0 Å². The van der Waals surface area contributed by atoms with Gasteiger partial charge >= 0.3 is 0 Å². The van der Waals surface area contributed by atoms with E-state index in [-0.39, 0.29) is 0 Å². The van der Waals surface area contributed by atoms with Crippen LogP contribution >= 0.6 is 11.3 Å². The molecule has 0 saturated heterocycles. The molecule has 10 rings (SSSR count). The summed E-state index contributed by atoms with van der Waals surface area (Å²) >= 11 is 1.68. The smallest absolute Gasteiger partial charge is 0.168 e. The van der Waals surface area contributed by atoms with Gasteiger partial charge in [-0.3, -0.25) is 0 Å². The Kier molecular flexibility index (Phi) is 5.98. The summed E-state index contributed by atoms with van der Waals surface area (Å²) in [6, 6.07) is 49.9. The molecule has 7 aromatic carbocycles. The standard InChI is InChI=1S/C42H24N4OS/c1-3-12-26(13-4-1)39-44-40(27-14-5-2-6-15-27)46-41(45-39)35-31-18-10-9-17-29(31)24-33-32-21-22-34-36(38(32)47-37(33)35)43-42(48-34)30-20-19-25-11-7-8-16-28(25)23-30/h1-24H. The van der Waals surface area contributed by atoms with Crippen molar-refractivity contribution in [3.8, 4) is 44.7 Å². The Morgan fingerprint density at radius 1 is 0.417 bits per heavy atom. The Morgan fingerprint density at radius 3 is 1.81 bits per heavy atom. The number of furan rings is 1. The fourth-order valence-corrected chi connectivity index (χ4v) is 7.57. The van der Waals surface area contributed by atoms with Crippen molar-refractivity contribution < 1.29 is 4.42 Å². The molecule has 0 aliphatic carbocycles. The van der Waals surface area contributed by atoms with E-state index in [4.69, 9.17) is 24.4 Å². The Morgan fingerprint density at radius 2 is 1.06 bits per heavy atom. The van der Waals surface area contributed by atoms with Gasteiger partial charge in [-0.05, 0) is 45.8 Å². The molecule has 0 saturated carbocycles. The normalized spacial score (nSPS) is 11.8. The Labute approximate surface area is 278 Å². The van der Waals surface area contributed by atoms with Gasteiger partial charge in [0.1, 0.15) is 16.1 Å². The maximum atomic E-state index is 6.91. The van der Waals surface area contributed by atoms with Crippen molar-refractivity contribution in [2.45, 2.75) is 0 Å². The van der Waals surface area contributed by atoms with Crippen molar-refractivity contribution in [2.75, 3.05) is 0 Å². The molecule has 48 heavy (non-hydrogen) atoms. The summed E-state index contributed by atoms with van der Waals surface area (Å²) < 4.78 is 7.99. The zero-order valence-corrected chi connectivity index (χ0v) is 26.3. The van der Waals surface area contributed by atoms with E-state index in [1.807, 2.05) is 66.7 Å². The highest BCUT2D eigenvalue weighted by atomic mass is 32.1. The molecule has 0 N–H and O–H groups in total. The summed E-state index contributed by atoms with van der Waals surface area (Å²) in [6.07, 6.45) is 0. The second-order valence-corrected chi connectivity index (χ2v) is 12.9. The van der Waals surface area contributed by atoms with E-state index in [1.54, 1.807) is 11.3 Å². The van der Waals surface area contributed by atoms with Crippen LogP contribution in [0, 0.1) is 0 Å². The minimum atomic E-state index is 0.565. The highest BCUT2D eigenvalue weighted by Crippen LogP contribution is 2.44. The fourth-order valence-electron chi connectivity index (χ4n) is 6.61. The van der Waals surface area contributed by atoms with Crippen molar-refractivity contribution in [1.82, 2.24) is 19.9 Å². The lowest BCUT2D eigenvalue weighted by atomic mass is 9.99. The number of thiazole rings is 1. The molecule has 0 atom stereocenters. The number of benzene rings is 7. The summed E-state index contributed by atoms with van der Waals surface area (Å²) in [5, 5.41) is 7.49. The van der Waals surface area contributed by atoms with Crippen molar-refractivity contribution in [2.24, 2.45) is 0 Å². The van der Waals surface area contributed by atoms with E-state index in [0.717, 1.165) is 70.2 Å². The van der Waals surface area contributed by atoms with Crippen LogP contribution in [-0.4, -0.2) is 19.9 Å². The summed E-state index contributed by atoms with van der Waals surface area (Å²) in [5.74, 6) is 1.78. The molecule has 5 nitrogen and oxygen atoms in total. The lowest BCUT2D eigenvalue weighted by Gasteiger charge is -2.11. The van der Waals surface area contributed by atoms with Gasteiger partial charge in [0.15, 0.2) is 23.1 Å². The molecule has 10 aromatic rings.